The number of unbranched alkanes of at least 4 members (excludes halogenated alkanes) is 11. The summed E-state index contributed by atoms with van der Waals surface area (Å²) in [5.74, 6) is -0.245. The molecule has 160 valence electrons. The van der Waals surface area contributed by atoms with Gasteiger partial charge in [-0.1, -0.05) is 97.8 Å². The number of amides is 1. The second kappa shape index (κ2) is 18.3. The quantitative estimate of drug-likeness (QED) is 0.227. The number of hydrogen-bond acceptors (Lipinski definition) is 3. The number of ether oxygens (including phenoxy) is 1. The van der Waals surface area contributed by atoms with Gasteiger partial charge in [0.15, 0.2) is 0 Å². The van der Waals surface area contributed by atoms with Gasteiger partial charge < -0.3 is 10.1 Å². The zero-order valence-corrected chi connectivity index (χ0v) is 18.5. The van der Waals surface area contributed by atoms with Crippen molar-refractivity contribution in [3.8, 4) is 0 Å². The summed E-state index contributed by atoms with van der Waals surface area (Å²) in [6.07, 6.45) is 16.7. The van der Waals surface area contributed by atoms with Crippen molar-refractivity contribution in [3.63, 3.8) is 0 Å². The summed E-state index contributed by atoms with van der Waals surface area (Å²) in [5, 5.41) is 2.88. The van der Waals surface area contributed by atoms with Crippen molar-refractivity contribution in [1.29, 1.82) is 0 Å². The van der Waals surface area contributed by atoms with E-state index >= 15 is 0 Å². The molecule has 0 rings (SSSR count). The van der Waals surface area contributed by atoms with E-state index in [1.807, 2.05) is 13.8 Å². The Labute approximate surface area is 168 Å². The van der Waals surface area contributed by atoms with Crippen LogP contribution in [0.25, 0.3) is 0 Å². The summed E-state index contributed by atoms with van der Waals surface area (Å²) in [4.78, 5) is 24.2. The van der Waals surface area contributed by atoms with Gasteiger partial charge in [-0.05, 0) is 19.3 Å². The summed E-state index contributed by atoms with van der Waals surface area (Å²) in [6.45, 7) is 8.40. The molecule has 0 saturated carbocycles. The van der Waals surface area contributed by atoms with Gasteiger partial charge in [0.1, 0.15) is 6.04 Å². The Balaban J connectivity index is 3.70. The summed E-state index contributed by atoms with van der Waals surface area (Å²) >= 11 is 0. The molecule has 0 aliphatic carbocycles. The van der Waals surface area contributed by atoms with Crippen molar-refractivity contribution in [2.24, 2.45) is 5.92 Å². The van der Waals surface area contributed by atoms with E-state index in [1.54, 1.807) is 6.92 Å². The highest BCUT2D eigenvalue weighted by Gasteiger charge is 2.26. The molecule has 0 aromatic heterocycles. The molecule has 0 aliphatic rings. The fourth-order valence-corrected chi connectivity index (χ4v) is 3.27. The van der Waals surface area contributed by atoms with Crippen LogP contribution in [0.1, 0.15) is 118 Å². The molecule has 0 radical (unpaired) electrons. The molecular weight excluding hydrogens is 338 g/mol. The van der Waals surface area contributed by atoms with Gasteiger partial charge in [0.05, 0.1) is 6.61 Å². The van der Waals surface area contributed by atoms with Crippen molar-refractivity contribution in [1.82, 2.24) is 5.32 Å². The van der Waals surface area contributed by atoms with E-state index in [0.29, 0.717) is 13.0 Å². The Hall–Kier alpha value is -1.06. The molecule has 0 aliphatic heterocycles. The van der Waals surface area contributed by atoms with E-state index in [0.717, 1.165) is 19.3 Å². The molecule has 0 unspecified atom stereocenters. The molecule has 0 fully saturated rings. The molecule has 1 N–H and O–H groups in total. The predicted octanol–water partition coefficient (Wildman–Crippen LogP) is 6.17. The van der Waals surface area contributed by atoms with Crippen LogP contribution in [0, 0.1) is 5.92 Å². The Morgan fingerprint density at radius 2 is 1.26 bits per heavy atom. The number of nitrogens with one attached hydrogen (secondary N) is 1. The zero-order valence-electron chi connectivity index (χ0n) is 18.5. The molecule has 0 bridgehead atoms. The molecule has 2 atom stereocenters. The Bertz CT molecular complexity index is 371. The van der Waals surface area contributed by atoms with E-state index in [1.165, 1.54) is 64.2 Å². The third-order valence-corrected chi connectivity index (χ3v) is 5.33. The summed E-state index contributed by atoms with van der Waals surface area (Å²) in [7, 11) is 0. The molecule has 0 aromatic rings. The number of rotatable bonds is 18. The zero-order chi connectivity index (χ0) is 20.3. The van der Waals surface area contributed by atoms with Gasteiger partial charge in [-0.2, -0.15) is 0 Å². The highest BCUT2D eigenvalue weighted by Crippen LogP contribution is 2.13. The highest BCUT2D eigenvalue weighted by atomic mass is 16.5. The van der Waals surface area contributed by atoms with Gasteiger partial charge in [0.2, 0.25) is 5.91 Å². The largest absolute Gasteiger partial charge is 0.464 e. The highest BCUT2D eigenvalue weighted by molar-refractivity contribution is 5.84. The van der Waals surface area contributed by atoms with Gasteiger partial charge in [0, 0.05) is 6.42 Å². The Kier molecular flexibility index (Phi) is 17.6. The molecule has 4 nitrogen and oxygen atoms in total. The smallest absolute Gasteiger partial charge is 0.328 e. The summed E-state index contributed by atoms with van der Waals surface area (Å²) in [5.41, 5.74) is 0. The van der Waals surface area contributed by atoms with Crippen LogP contribution in [0.2, 0.25) is 0 Å². The third-order valence-electron chi connectivity index (χ3n) is 5.33. The van der Waals surface area contributed by atoms with E-state index in [-0.39, 0.29) is 17.8 Å². The SMILES string of the molecule is CCCCCCCCCCCCCCC(=O)N[C@H](C(=O)OCC)[C@@H](C)CC. The molecule has 4 heteroatoms. The number of carbonyl (C=O) groups is 2. The minimum Gasteiger partial charge on any atom is -0.464 e. The normalized spacial score (nSPS) is 13.2. The van der Waals surface area contributed by atoms with Crippen molar-refractivity contribution < 1.29 is 14.3 Å². The first-order valence-corrected chi connectivity index (χ1v) is 11.5. The van der Waals surface area contributed by atoms with Gasteiger partial charge in [-0.3, -0.25) is 4.79 Å². The molecule has 0 saturated heterocycles. The average Bonchev–Trinajstić information content (AvgIpc) is 2.66. The van der Waals surface area contributed by atoms with Crippen molar-refractivity contribution in [3.05, 3.63) is 0 Å². The molecule has 0 heterocycles. The lowest BCUT2D eigenvalue weighted by atomic mass is 9.99. The van der Waals surface area contributed by atoms with Gasteiger partial charge in [-0.15, -0.1) is 0 Å². The van der Waals surface area contributed by atoms with Crippen LogP contribution < -0.4 is 5.32 Å². The fraction of sp³-hybridized carbons (Fsp3) is 0.913. The topological polar surface area (TPSA) is 55.4 Å². The standard InChI is InChI=1S/C23H45NO3/c1-5-8-9-10-11-12-13-14-15-16-17-18-19-21(25)24-22(20(4)6-2)23(26)27-7-3/h20,22H,5-19H2,1-4H3,(H,24,25)/t20-,22-/m0/s1. The van der Waals surface area contributed by atoms with Gasteiger partial charge in [0.25, 0.3) is 0 Å². The molecule has 0 spiro atoms. The lowest BCUT2D eigenvalue weighted by Gasteiger charge is -2.22. The van der Waals surface area contributed by atoms with Crippen LogP contribution in [-0.4, -0.2) is 24.5 Å². The second-order valence-electron chi connectivity index (χ2n) is 7.82. The lowest BCUT2D eigenvalue weighted by Crippen LogP contribution is -2.45. The fourth-order valence-electron chi connectivity index (χ4n) is 3.27. The maximum Gasteiger partial charge on any atom is 0.328 e. The van der Waals surface area contributed by atoms with Crippen molar-refractivity contribution in [2.75, 3.05) is 6.61 Å². The van der Waals surface area contributed by atoms with Crippen LogP contribution >= 0.6 is 0 Å². The minimum atomic E-state index is -0.514. The van der Waals surface area contributed by atoms with E-state index < -0.39 is 6.04 Å². The number of hydrogen-bond donors (Lipinski definition) is 1. The van der Waals surface area contributed by atoms with Gasteiger partial charge in [-0.25, -0.2) is 4.79 Å². The van der Waals surface area contributed by atoms with E-state index in [4.69, 9.17) is 4.74 Å². The lowest BCUT2D eigenvalue weighted by molar-refractivity contribution is -0.149. The number of esters is 1. The first-order chi connectivity index (χ1) is 13.1. The van der Waals surface area contributed by atoms with Crippen molar-refractivity contribution >= 4 is 11.9 Å². The first kappa shape index (κ1) is 25.9. The Morgan fingerprint density at radius 1 is 0.778 bits per heavy atom. The maximum absolute atomic E-state index is 12.1. The predicted molar refractivity (Wildman–Crippen MR) is 114 cm³/mol. The van der Waals surface area contributed by atoms with Crippen LogP contribution in [0.15, 0.2) is 0 Å². The molecule has 27 heavy (non-hydrogen) atoms. The minimum absolute atomic E-state index is 0.0274. The van der Waals surface area contributed by atoms with Crippen molar-refractivity contribution in [2.45, 2.75) is 124 Å². The van der Waals surface area contributed by atoms with Crippen LogP contribution in [-0.2, 0) is 14.3 Å². The van der Waals surface area contributed by atoms with Crippen LogP contribution in [0.3, 0.4) is 0 Å². The summed E-state index contributed by atoms with van der Waals surface area (Å²) < 4.78 is 5.09. The average molecular weight is 384 g/mol. The summed E-state index contributed by atoms with van der Waals surface area (Å²) in [6, 6.07) is -0.514. The maximum atomic E-state index is 12.1. The van der Waals surface area contributed by atoms with Gasteiger partial charge >= 0.3 is 5.97 Å². The molecular formula is C23H45NO3. The third kappa shape index (κ3) is 14.6. The van der Waals surface area contributed by atoms with Crippen LogP contribution in [0.4, 0.5) is 0 Å². The first-order valence-electron chi connectivity index (χ1n) is 11.5. The van der Waals surface area contributed by atoms with E-state index in [2.05, 4.69) is 12.2 Å². The monoisotopic (exact) mass is 383 g/mol. The van der Waals surface area contributed by atoms with E-state index in [9.17, 15) is 9.59 Å². The Morgan fingerprint density at radius 3 is 1.70 bits per heavy atom. The molecule has 0 aromatic carbocycles. The molecule has 1 amide bonds. The second-order valence-corrected chi connectivity index (χ2v) is 7.82. The number of carbonyl (C=O) groups excluding carboxylic acids is 2. The van der Waals surface area contributed by atoms with Crippen LogP contribution in [0.5, 0.6) is 0 Å².